The lowest BCUT2D eigenvalue weighted by molar-refractivity contribution is -0.184. The predicted octanol–water partition coefficient (Wildman–Crippen LogP) is 3.44. The quantitative estimate of drug-likeness (QED) is 0.790. The van der Waals surface area contributed by atoms with Crippen LogP contribution in [-0.2, 0) is 4.79 Å². The highest BCUT2D eigenvalue weighted by molar-refractivity contribution is 9.09. The Morgan fingerprint density at radius 1 is 1.31 bits per heavy atom. The first kappa shape index (κ1) is 11.1. The SMILES string of the molecule is CC12CC3CC(CBr)(C1)CC(C(=O)O)(C3)C2. The average molecular weight is 287 g/mol. The predicted molar refractivity (Wildman–Crippen MR) is 65.6 cm³/mol. The van der Waals surface area contributed by atoms with Crippen LogP contribution in [0.15, 0.2) is 0 Å². The van der Waals surface area contributed by atoms with Crippen LogP contribution in [0, 0.1) is 22.2 Å². The molecule has 4 atom stereocenters. The van der Waals surface area contributed by atoms with Gasteiger partial charge in [0.25, 0.3) is 0 Å². The van der Waals surface area contributed by atoms with Crippen molar-refractivity contribution in [2.75, 3.05) is 5.33 Å². The summed E-state index contributed by atoms with van der Waals surface area (Å²) in [4.78, 5) is 11.6. The van der Waals surface area contributed by atoms with Crippen molar-refractivity contribution < 1.29 is 9.90 Å². The molecule has 0 spiro atoms. The van der Waals surface area contributed by atoms with Crippen LogP contribution < -0.4 is 0 Å². The highest BCUT2D eigenvalue weighted by atomic mass is 79.9. The van der Waals surface area contributed by atoms with E-state index in [4.69, 9.17) is 0 Å². The van der Waals surface area contributed by atoms with E-state index in [1.807, 2.05) is 0 Å². The summed E-state index contributed by atoms with van der Waals surface area (Å²) in [6.45, 7) is 2.31. The normalized spacial score (nSPS) is 54.2. The van der Waals surface area contributed by atoms with Crippen LogP contribution in [0.5, 0.6) is 0 Å². The van der Waals surface area contributed by atoms with Gasteiger partial charge in [-0.15, -0.1) is 0 Å². The van der Waals surface area contributed by atoms with Crippen molar-refractivity contribution in [3.63, 3.8) is 0 Å². The van der Waals surface area contributed by atoms with Gasteiger partial charge in [0.05, 0.1) is 5.41 Å². The van der Waals surface area contributed by atoms with Crippen LogP contribution in [-0.4, -0.2) is 16.4 Å². The van der Waals surface area contributed by atoms with Gasteiger partial charge in [0.1, 0.15) is 0 Å². The van der Waals surface area contributed by atoms with E-state index in [-0.39, 0.29) is 10.8 Å². The van der Waals surface area contributed by atoms with Gasteiger partial charge in [0.15, 0.2) is 0 Å². The van der Waals surface area contributed by atoms with Gasteiger partial charge in [-0.2, -0.15) is 0 Å². The third kappa shape index (κ3) is 1.33. The van der Waals surface area contributed by atoms with Gasteiger partial charge < -0.3 is 5.11 Å². The average Bonchev–Trinajstić information content (AvgIpc) is 2.13. The van der Waals surface area contributed by atoms with Gasteiger partial charge >= 0.3 is 5.97 Å². The molecule has 0 saturated heterocycles. The second-order valence-electron chi connectivity index (χ2n) is 7.04. The topological polar surface area (TPSA) is 37.3 Å². The molecule has 0 radical (unpaired) electrons. The Morgan fingerprint density at radius 3 is 2.62 bits per heavy atom. The Bertz CT molecular complexity index is 356. The first-order valence-corrected chi connectivity index (χ1v) is 7.33. The maximum atomic E-state index is 11.6. The highest BCUT2D eigenvalue weighted by Crippen LogP contribution is 2.69. The summed E-state index contributed by atoms with van der Waals surface area (Å²) in [5.74, 6) is 0.128. The summed E-state index contributed by atoms with van der Waals surface area (Å²) in [7, 11) is 0. The molecule has 4 bridgehead atoms. The van der Waals surface area contributed by atoms with Crippen molar-refractivity contribution in [3.8, 4) is 0 Å². The monoisotopic (exact) mass is 286 g/mol. The Labute approximate surface area is 105 Å². The Hall–Kier alpha value is -0.0500. The fourth-order valence-corrected chi connectivity index (χ4v) is 6.15. The Kier molecular flexibility index (Phi) is 2.10. The lowest BCUT2D eigenvalue weighted by atomic mass is 9.40. The summed E-state index contributed by atoms with van der Waals surface area (Å²) in [6, 6.07) is 0. The van der Waals surface area contributed by atoms with Crippen LogP contribution in [0.1, 0.15) is 45.4 Å². The lowest BCUT2D eigenvalue weighted by Gasteiger charge is -2.64. The Balaban J connectivity index is 2.04. The fraction of sp³-hybridized carbons (Fsp3) is 0.923. The zero-order valence-corrected chi connectivity index (χ0v) is 11.3. The van der Waals surface area contributed by atoms with Crippen LogP contribution in [0.3, 0.4) is 0 Å². The van der Waals surface area contributed by atoms with E-state index in [0.717, 1.165) is 24.6 Å². The van der Waals surface area contributed by atoms with E-state index in [0.29, 0.717) is 11.3 Å². The van der Waals surface area contributed by atoms with E-state index < -0.39 is 5.97 Å². The van der Waals surface area contributed by atoms with Gasteiger partial charge in [0, 0.05) is 5.33 Å². The smallest absolute Gasteiger partial charge is 0.309 e. The molecule has 0 aliphatic heterocycles. The summed E-state index contributed by atoms with van der Waals surface area (Å²) < 4.78 is 0. The number of hydrogen-bond donors (Lipinski definition) is 1. The number of alkyl halides is 1. The van der Waals surface area contributed by atoms with Crippen molar-refractivity contribution in [3.05, 3.63) is 0 Å². The van der Waals surface area contributed by atoms with Crippen molar-refractivity contribution in [2.45, 2.75) is 45.4 Å². The number of aliphatic carboxylic acids is 1. The molecule has 4 aliphatic carbocycles. The summed E-state index contributed by atoms with van der Waals surface area (Å²) in [6.07, 6.45) is 6.51. The minimum atomic E-state index is -0.534. The minimum absolute atomic E-state index is 0.284. The fourth-order valence-electron chi connectivity index (χ4n) is 5.53. The Morgan fingerprint density at radius 2 is 2.06 bits per heavy atom. The van der Waals surface area contributed by atoms with Crippen molar-refractivity contribution in [1.82, 2.24) is 0 Å². The van der Waals surface area contributed by atoms with Crippen LogP contribution >= 0.6 is 15.9 Å². The maximum Gasteiger partial charge on any atom is 0.309 e. The number of rotatable bonds is 2. The molecule has 0 aromatic rings. The summed E-state index contributed by atoms with van der Waals surface area (Å²) in [5, 5.41) is 10.6. The number of halogens is 1. The molecule has 3 heteroatoms. The first-order valence-electron chi connectivity index (χ1n) is 6.21. The molecule has 2 nitrogen and oxygen atoms in total. The summed E-state index contributed by atoms with van der Waals surface area (Å²) in [5.41, 5.74) is 0.195. The molecule has 1 N–H and O–H groups in total. The van der Waals surface area contributed by atoms with Crippen molar-refractivity contribution in [1.29, 1.82) is 0 Å². The minimum Gasteiger partial charge on any atom is -0.481 e. The van der Waals surface area contributed by atoms with E-state index >= 15 is 0 Å². The second-order valence-corrected chi connectivity index (χ2v) is 7.60. The molecule has 0 amide bonds. The highest BCUT2D eigenvalue weighted by Gasteiger charge is 2.64. The van der Waals surface area contributed by atoms with Crippen molar-refractivity contribution >= 4 is 21.9 Å². The van der Waals surface area contributed by atoms with Gasteiger partial charge in [-0.05, 0) is 55.3 Å². The van der Waals surface area contributed by atoms with E-state index in [1.54, 1.807) is 0 Å². The lowest BCUT2D eigenvalue weighted by Crippen LogP contribution is -2.59. The molecule has 0 aromatic carbocycles. The molecular weight excluding hydrogens is 268 g/mol. The number of carboxylic acid groups (broad SMARTS) is 1. The van der Waals surface area contributed by atoms with Crippen molar-refractivity contribution in [2.24, 2.45) is 22.2 Å². The van der Waals surface area contributed by atoms with Crippen LogP contribution in [0.2, 0.25) is 0 Å². The van der Waals surface area contributed by atoms with Crippen LogP contribution in [0.4, 0.5) is 0 Å². The molecule has 4 fully saturated rings. The standard InChI is InChI=1S/C13H19BrO2/c1-11-2-9-3-12(5-11,8-14)7-13(4-9,6-11)10(15)16/h9H,2-8H2,1H3,(H,15,16). The molecule has 4 unspecified atom stereocenters. The molecule has 0 heterocycles. The van der Waals surface area contributed by atoms with Gasteiger partial charge in [-0.1, -0.05) is 22.9 Å². The molecule has 90 valence electrons. The van der Waals surface area contributed by atoms with Gasteiger partial charge in [-0.25, -0.2) is 0 Å². The molecular formula is C13H19BrO2. The third-order valence-corrected chi connectivity index (χ3v) is 6.39. The maximum absolute atomic E-state index is 11.6. The molecule has 4 saturated carbocycles. The largest absolute Gasteiger partial charge is 0.481 e. The van der Waals surface area contributed by atoms with E-state index in [1.165, 1.54) is 19.3 Å². The van der Waals surface area contributed by atoms with E-state index in [2.05, 4.69) is 22.9 Å². The molecule has 4 rings (SSSR count). The number of carbonyl (C=O) groups is 1. The second kappa shape index (κ2) is 3.04. The molecule has 16 heavy (non-hydrogen) atoms. The zero-order chi connectivity index (χ0) is 11.6. The summed E-state index contributed by atoms with van der Waals surface area (Å²) >= 11 is 3.64. The molecule has 4 aliphatic rings. The van der Waals surface area contributed by atoms with Gasteiger partial charge in [0.2, 0.25) is 0 Å². The molecule has 0 aromatic heterocycles. The third-order valence-electron chi connectivity index (χ3n) is 5.20. The number of hydrogen-bond acceptors (Lipinski definition) is 1. The first-order chi connectivity index (χ1) is 7.41. The zero-order valence-electron chi connectivity index (χ0n) is 9.76. The van der Waals surface area contributed by atoms with E-state index in [9.17, 15) is 9.90 Å². The van der Waals surface area contributed by atoms with Gasteiger partial charge in [-0.3, -0.25) is 4.79 Å². The van der Waals surface area contributed by atoms with Crippen LogP contribution in [0.25, 0.3) is 0 Å². The number of carboxylic acids is 1.